The van der Waals surface area contributed by atoms with Crippen LogP contribution in [0.5, 0.6) is 5.88 Å². The zero-order chi connectivity index (χ0) is 14.4. The number of ether oxygens (including phenoxy) is 2. The highest BCUT2D eigenvalue weighted by molar-refractivity contribution is 5.78. The van der Waals surface area contributed by atoms with E-state index in [0.29, 0.717) is 19.1 Å². The fourth-order valence-corrected chi connectivity index (χ4v) is 1.91. The number of rotatable bonds is 4. The van der Waals surface area contributed by atoms with Crippen molar-refractivity contribution in [1.29, 1.82) is 0 Å². The van der Waals surface area contributed by atoms with Gasteiger partial charge in [-0.2, -0.15) is 0 Å². The SMILES string of the molecule is CC1CN(C(N)=NCCOc2ncccc2F)CCO1. The van der Waals surface area contributed by atoms with Gasteiger partial charge in [0.05, 0.1) is 19.3 Å². The molecule has 0 aliphatic carbocycles. The fourth-order valence-electron chi connectivity index (χ4n) is 1.91. The van der Waals surface area contributed by atoms with Crippen molar-refractivity contribution >= 4 is 5.96 Å². The number of nitrogens with two attached hydrogens (primary N) is 1. The molecule has 2 heterocycles. The maximum atomic E-state index is 13.2. The standard InChI is InChI=1S/C13H19FN4O2/c1-10-9-18(6-8-19-10)13(15)17-5-7-20-12-11(14)3-2-4-16-12/h2-4,10H,5-9H2,1H3,(H2,15,17). The Morgan fingerprint density at radius 1 is 1.70 bits per heavy atom. The second-order valence-corrected chi connectivity index (χ2v) is 4.51. The predicted octanol–water partition coefficient (Wildman–Crippen LogP) is 0.635. The Morgan fingerprint density at radius 2 is 2.55 bits per heavy atom. The van der Waals surface area contributed by atoms with Gasteiger partial charge in [0.15, 0.2) is 11.8 Å². The normalized spacial score (nSPS) is 20.0. The maximum Gasteiger partial charge on any atom is 0.250 e. The first-order valence-corrected chi connectivity index (χ1v) is 6.56. The van der Waals surface area contributed by atoms with Crippen molar-refractivity contribution in [3.8, 4) is 5.88 Å². The minimum absolute atomic E-state index is 0.0127. The van der Waals surface area contributed by atoms with Gasteiger partial charge >= 0.3 is 0 Å². The molecule has 0 bridgehead atoms. The predicted molar refractivity (Wildman–Crippen MR) is 73.2 cm³/mol. The average molecular weight is 282 g/mol. The first-order valence-electron chi connectivity index (χ1n) is 6.56. The lowest BCUT2D eigenvalue weighted by Gasteiger charge is -2.31. The van der Waals surface area contributed by atoms with E-state index in [9.17, 15) is 4.39 Å². The van der Waals surface area contributed by atoms with Gasteiger partial charge in [0.1, 0.15) is 6.61 Å². The highest BCUT2D eigenvalue weighted by Gasteiger charge is 2.17. The van der Waals surface area contributed by atoms with Crippen molar-refractivity contribution in [2.24, 2.45) is 10.7 Å². The van der Waals surface area contributed by atoms with E-state index in [0.717, 1.165) is 13.1 Å². The van der Waals surface area contributed by atoms with E-state index in [1.165, 1.54) is 18.3 Å². The average Bonchev–Trinajstić information content (AvgIpc) is 2.45. The zero-order valence-electron chi connectivity index (χ0n) is 11.5. The van der Waals surface area contributed by atoms with Crippen molar-refractivity contribution in [1.82, 2.24) is 9.88 Å². The molecule has 110 valence electrons. The van der Waals surface area contributed by atoms with E-state index in [1.807, 2.05) is 11.8 Å². The van der Waals surface area contributed by atoms with Gasteiger partial charge in [-0.05, 0) is 19.1 Å². The number of guanidine groups is 1. The molecule has 1 fully saturated rings. The third-order valence-electron chi connectivity index (χ3n) is 2.89. The van der Waals surface area contributed by atoms with Crippen LogP contribution in [0.25, 0.3) is 0 Å². The van der Waals surface area contributed by atoms with Gasteiger partial charge in [-0.25, -0.2) is 14.4 Å². The van der Waals surface area contributed by atoms with Crippen molar-refractivity contribution in [2.45, 2.75) is 13.0 Å². The number of nitrogens with zero attached hydrogens (tertiary/aromatic N) is 3. The monoisotopic (exact) mass is 282 g/mol. The number of aromatic nitrogens is 1. The molecule has 1 unspecified atom stereocenters. The molecule has 6 nitrogen and oxygen atoms in total. The lowest BCUT2D eigenvalue weighted by atomic mass is 10.3. The zero-order valence-corrected chi connectivity index (χ0v) is 11.5. The van der Waals surface area contributed by atoms with Crippen LogP contribution >= 0.6 is 0 Å². The highest BCUT2D eigenvalue weighted by Crippen LogP contribution is 2.10. The fraction of sp³-hybridized carbons (Fsp3) is 0.538. The molecule has 1 aromatic heterocycles. The Balaban J connectivity index is 1.77. The Morgan fingerprint density at radius 3 is 3.30 bits per heavy atom. The van der Waals surface area contributed by atoms with E-state index in [4.69, 9.17) is 15.2 Å². The van der Waals surface area contributed by atoms with Crippen LogP contribution in [0.1, 0.15) is 6.92 Å². The molecule has 20 heavy (non-hydrogen) atoms. The first-order chi connectivity index (χ1) is 9.66. The molecule has 0 spiro atoms. The quantitative estimate of drug-likeness (QED) is 0.498. The summed E-state index contributed by atoms with van der Waals surface area (Å²) in [6, 6.07) is 2.81. The molecule has 0 aromatic carbocycles. The Labute approximate surface area is 117 Å². The number of hydrogen-bond donors (Lipinski definition) is 1. The van der Waals surface area contributed by atoms with Crippen LogP contribution in [0.15, 0.2) is 23.3 Å². The number of morpholine rings is 1. The first kappa shape index (κ1) is 14.5. The highest BCUT2D eigenvalue weighted by atomic mass is 19.1. The molecule has 2 N–H and O–H groups in total. The molecular formula is C13H19FN4O2. The molecule has 1 aliphatic heterocycles. The summed E-state index contributed by atoms with van der Waals surface area (Å²) >= 11 is 0. The van der Waals surface area contributed by atoms with E-state index < -0.39 is 5.82 Å². The minimum Gasteiger partial charge on any atom is -0.474 e. The largest absolute Gasteiger partial charge is 0.474 e. The van der Waals surface area contributed by atoms with Gasteiger partial charge in [-0.1, -0.05) is 0 Å². The Bertz CT molecular complexity index is 469. The number of halogens is 1. The van der Waals surface area contributed by atoms with E-state index >= 15 is 0 Å². The van der Waals surface area contributed by atoms with Gasteiger partial charge in [0.25, 0.3) is 0 Å². The maximum absolute atomic E-state index is 13.2. The molecule has 7 heteroatoms. The van der Waals surface area contributed by atoms with Crippen LogP contribution in [-0.2, 0) is 4.74 Å². The van der Waals surface area contributed by atoms with Gasteiger partial charge < -0.3 is 20.1 Å². The van der Waals surface area contributed by atoms with Crippen molar-refractivity contribution in [3.05, 3.63) is 24.1 Å². The van der Waals surface area contributed by atoms with Crippen LogP contribution in [0.3, 0.4) is 0 Å². The van der Waals surface area contributed by atoms with Crippen molar-refractivity contribution in [3.63, 3.8) is 0 Å². The summed E-state index contributed by atoms with van der Waals surface area (Å²) in [5.74, 6) is -0.0297. The summed E-state index contributed by atoms with van der Waals surface area (Å²) in [5, 5.41) is 0. The van der Waals surface area contributed by atoms with E-state index in [2.05, 4.69) is 9.98 Å². The number of aliphatic imine (C=N–C) groups is 1. The topological polar surface area (TPSA) is 73.0 Å². The second-order valence-electron chi connectivity index (χ2n) is 4.51. The second kappa shape index (κ2) is 7.04. The third-order valence-corrected chi connectivity index (χ3v) is 2.89. The minimum atomic E-state index is -0.480. The van der Waals surface area contributed by atoms with Crippen LogP contribution in [0.2, 0.25) is 0 Å². The third kappa shape index (κ3) is 4.06. The van der Waals surface area contributed by atoms with E-state index in [1.54, 1.807) is 0 Å². The molecule has 1 atom stereocenters. The summed E-state index contributed by atoms with van der Waals surface area (Å²) in [7, 11) is 0. The molecule has 1 saturated heterocycles. The van der Waals surface area contributed by atoms with Crippen LogP contribution in [-0.4, -0.2) is 54.8 Å². The lowest BCUT2D eigenvalue weighted by Crippen LogP contribution is -2.48. The number of pyridine rings is 1. The van der Waals surface area contributed by atoms with Crippen LogP contribution in [0, 0.1) is 5.82 Å². The Hall–Kier alpha value is -1.89. The van der Waals surface area contributed by atoms with Crippen LogP contribution in [0.4, 0.5) is 4.39 Å². The lowest BCUT2D eigenvalue weighted by molar-refractivity contribution is 0.00528. The smallest absolute Gasteiger partial charge is 0.250 e. The molecule has 2 rings (SSSR count). The van der Waals surface area contributed by atoms with Crippen molar-refractivity contribution < 1.29 is 13.9 Å². The van der Waals surface area contributed by atoms with E-state index in [-0.39, 0.29) is 18.6 Å². The van der Waals surface area contributed by atoms with Gasteiger partial charge in [-0.15, -0.1) is 0 Å². The summed E-state index contributed by atoms with van der Waals surface area (Å²) in [6.45, 7) is 4.68. The summed E-state index contributed by atoms with van der Waals surface area (Å²) in [6.07, 6.45) is 1.63. The summed E-state index contributed by atoms with van der Waals surface area (Å²) < 4.78 is 23.9. The molecule has 1 aromatic rings. The van der Waals surface area contributed by atoms with Gasteiger partial charge in [0.2, 0.25) is 5.88 Å². The number of hydrogen-bond acceptors (Lipinski definition) is 4. The van der Waals surface area contributed by atoms with Crippen molar-refractivity contribution in [2.75, 3.05) is 32.8 Å². The van der Waals surface area contributed by atoms with Gasteiger partial charge in [-0.3, -0.25) is 0 Å². The summed E-state index contributed by atoms with van der Waals surface area (Å²) in [4.78, 5) is 9.98. The Kier molecular flexibility index (Phi) is 5.11. The molecule has 0 radical (unpaired) electrons. The molecule has 0 saturated carbocycles. The van der Waals surface area contributed by atoms with Gasteiger partial charge in [0, 0.05) is 19.3 Å². The van der Waals surface area contributed by atoms with Crippen LogP contribution < -0.4 is 10.5 Å². The summed E-state index contributed by atoms with van der Waals surface area (Å²) in [5.41, 5.74) is 5.90. The molecular weight excluding hydrogens is 263 g/mol. The molecule has 1 aliphatic rings. The molecule has 0 amide bonds.